The van der Waals surface area contributed by atoms with Crippen molar-refractivity contribution < 1.29 is 18.0 Å². The molecule has 2 heterocycles. The Morgan fingerprint density at radius 3 is 2.41 bits per heavy atom. The topological polar surface area (TPSA) is 57.3 Å². The van der Waals surface area contributed by atoms with Gasteiger partial charge in [-0.3, -0.25) is 9.69 Å². The standard InChI is InChI=1S/C21H25F3N4O/c1-15-2-5-18(6-3-15)27-20(29)17-4-7-19(26-13-17)25-12-16-8-10-28(11-9-16)14-21(22,23)24/h2-7,13,16H,8-12,14H2,1H3,(H,25,26)(H,27,29). The van der Waals surface area contributed by atoms with Crippen LogP contribution in [0.25, 0.3) is 0 Å². The average molecular weight is 406 g/mol. The molecule has 3 rings (SSSR count). The Labute approximate surface area is 168 Å². The number of likely N-dealkylation sites (tertiary alicyclic amines) is 1. The molecule has 1 aromatic heterocycles. The molecule has 1 aliphatic heterocycles. The highest BCUT2D eigenvalue weighted by atomic mass is 19.4. The summed E-state index contributed by atoms with van der Waals surface area (Å²) >= 11 is 0. The fraction of sp³-hybridized carbons (Fsp3) is 0.429. The Morgan fingerprint density at radius 2 is 1.83 bits per heavy atom. The number of hydrogen-bond acceptors (Lipinski definition) is 4. The number of aromatic nitrogens is 1. The molecule has 1 fully saturated rings. The first-order valence-electron chi connectivity index (χ1n) is 9.65. The van der Waals surface area contributed by atoms with E-state index in [-0.39, 0.29) is 5.91 Å². The molecule has 2 aromatic rings. The van der Waals surface area contributed by atoms with Crippen LogP contribution in [-0.2, 0) is 0 Å². The van der Waals surface area contributed by atoms with Crippen LogP contribution in [0.2, 0.25) is 0 Å². The van der Waals surface area contributed by atoms with E-state index in [1.165, 1.54) is 11.1 Å². The quantitative estimate of drug-likeness (QED) is 0.750. The van der Waals surface area contributed by atoms with Crippen LogP contribution in [0.5, 0.6) is 0 Å². The molecule has 0 unspecified atom stereocenters. The van der Waals surface area contributed by atoms with Gasteiger partial charge in [0.15, 0.2) is 0 Å². The minimum atomic E-state index is -4.14. The fourth-order valence-corrected chi connectivity index (χ4v) is 3.32. The van der Waals surface area contributed by atoms with Crippen LogP contribution in [0, 0.1) is 12.8 Å². The molecule has 0 bridgehead atoms. The summed E-state index contributed by atoms with van der Waals surface area (Å²) in [7, 11) is 0. The zero-order valence-electron chi connectivity index (χ0n) is 16.3. The van der Waals surface area contributed by atoms with Crippen LogP contribution in [0.15, 0.2) is 42.6 Å². The summed E-state index contributed by atoms with van der Waals surface area (Å²) in [4.78, 5) is 18.0. The van der Waals surface area contributed by atoms with Gasteiger partial charge in [-0.2, -0.15) is 13.2 Å². The lowest BCUT2D eigenvalue weighted by Gasteiger charge is -2.32. The van der Waals surface area contributed by atoms with E-state index in [9.17, 15) is 18.0 Å². The van der Waals surface area contributed by atoms with E-state index in [4.69, 9.17) is 0 Å². The van der Waals surface area contributed by atoms with Crippen LogP contribution in [0.3, 0.4) is 0 Å². The number of nitrogens with one attached hydrogen (secondary N) is 2. The predicted molar refractivity (Wildman–Crippen MR) is 107 cm³/mol. The number of amides is 1. The maximum Gasteiger partial charge on any atom is 0.401 e. The fourth-order valence-electron chi connectivity index (χ4n) is 3.32. The summed E-state index contributed by atoms with van der Waals surface area (Å²) in [6.07, 6.45) is -1.18. The highest BCUT2D eigenvalue weighted by molar-refractivity contribution is 6.04. The van der Waals surface area contributed by atoms with Gasteiger partial charge >= 0.3 is 6.18 Å². The molecule has 0 radical (unpaired) electrons. The lowest BCUT2D eigenvalue weighted by Crippen LogP contribution is -2.41. The summed E-state index contributed by atoms with van der Waals surface area (Å²) in [6, 6.07) is 11.0. The zero-order chi connectivity index (χ0) is 20.9. The van der Waals surface area contributed by atoms with E-state index in [1.807, 2.05) is 31.2 Å². The minimum Gasteiger partial charge on any atom is -0.370 e. The Balaban J connectivity index is 1.44. The van der Waals surface area contributed by atoms with Crippen LogP contribution >= 0.6 is 0 Å². The van der Waals surface area contributed by atoms with Gasteiger partial charge in [-0.1, -0.05) is 17.7 Å². The molecule has 156 valence electrons. The first-order valence-corrected chi connectivity index (χ1v) is 9.65. The Kier molecular flexibility index (Phi) is 6.74. The first kappa shape index (κ1) is 21.1. The summed E-state index contributed by atoms with van der Waals surface area (Å²) in [5.74, 6) is 0.727. The third-order valence-electron chi connectivity index (χ3n) is 5.02. The van der Waals surface area contributed by atoms with E-state index in [0.717, 1.165) is 24.1 Å². The van der Waals surface area contributed by atoms with E-state index < -0.39 is 12.7 Å². The molecule has 2 N–H and O–H groups in total. The van der Waals surface area contributed by atoms with Gasteiger partial charge in [0.05, 0.1) is 12.1 Å². The number of halogens is 3. The van der Waals surface area contributed by atoms with Crippen molar-refractivity contribution in [3.05, 3.63) is 53.7 Å². The summed E-state index contributed by atoms with van der Waals surface area (Å²) in [5, 5.41) is 6.04. The molecule has 1 aliphatic rings. The smallest absolute Gasteiger partial charge is 0.370 e. The Bertz CT molecular complexity index is 798. The summed E-state index contributed by atoms with van der Waals surface area (Å²) in [6.45, 7) is 2.71. The molecule has 1 aromatic carbocycles. The Morgan fingerprint density at radius 1 is 1.14 bits per heavy atom. The van der Waals surface area contributed by atoms with Crippen molar-refractivity contribution in [2.45, 2.75) is 25.9 Å². The molecular weight excluding hydrogens is 381 g/mol. The van der Waals surface area contributed by atoms with Gasteiger partial charge in [-0.25, -0.2) is 4.98 Å². The maximum atomic E-state index is 12.4. The highest BCUT2D eigenvalue weighted by Gasteiger charge is 2.32. The van der Waals surface area contributed by atoms with Gasteiger partial charge in [0.25, 0.3) is 5.91 Å². The number of aryl methyl sites for hydroxylation is 1. The van der Waals surface area contributed by atoms with E-state index in [0.29, 0.717) is 36.9 Å². The molecule has 0 aliphatic carbocycles. The number of rotatable bonds is 6. The third-order valence-corrected chi connectivity index (χ3v) is 5.02. The number of anilines is 2. The molecule has 5 nitrogen and oxygen atoms in total. The number of pyridine rings is 1. The van der Waals surface area contributed by atoms with Crippen LogP contribution in [0.1, 0.15) is 28.8 Å². The van der Waals surface area contributed by atoms with Crippen molar-refractivity contribution in [1.82, 2.24) is 9.88 Å². The number of alkyl halides is 3. The van der Waals surface area contributed by atoms with E-state index in [1.54, 1.807) is 12.1 Å². The molecule has 0 spiro atoms. The predicted octanol–water partition coefficient (Wildman–Crippen LogP) is 4.33. The summed E-state index contributed by atoms with van der Waals surface area (Å²) in [5.41, 5.74) is 2.29. The Hall–Kier alpha value is -2.61. The second-order valence-electron chi connectivity index (χ2n) is 7.47. The highest BCUT2D eigenvalue weighted by Crippen LogP contribution is 2.22. The zero-order valence-corrected chi connectivity index (χ0v) is 16.3. The van der Waals surface area contributed by atoms with Crippen molar-refractivity contribution >= 4 is 17.4 Å². The van der Waals surface area contributed by atoms with Gasteiger partial charge in [0.1, 0.15) is 5.82 Å². The normalized spacial score (nSPS) is 15.9. The summed E-state index contributed by atoms with van der Waals surface area (Å²) < 4.78 is 37.3. The third kappa shape index (κ3) is 6.74. The molecule has 8 heteroatoms. The van der Waals surface area contributed by atoms with Crippen molar-refractivity contribution in [1.29, 1.82) is 0 Å². The van der Waals surface area contributed by atoms with Crippen LogP contribution < -0.4 is 10.6 Å². The van der Waals surface area contributed by atoms with Gasteiger partial charge in [0, 0.05) is 18.4 Å². The molecule has 0 atom stereocenters. The van der Waals surface area contributed by atoms with Gasteiger partial charge in [0.2, 0.25) is 0 Å². The molecule has 1 saturated heterocycles. The maximum absolute atomic E-state index is 12.4. The molecule has 29 heavy (non-hydrogen) atoms. The van der Waals surface area contributed by atoms with E-state index >= 15 is 0 Å². The first-order chi connectivity index (χ1) is 13.8. The number of hydrogen-bond donors (Lipinski definition) is 2. The number of carbonyl (C=O) groups is 1. The van der Waals surface area contributed by atoms with E-state index in [2.05, 4.69) is 15.6 Å². The van der Waals surface area contributed by atoms with Gasteiger partial charge in [-0.05, 0) is 63.0 Å². The monoisotopic (exact) mass is 406 g/mol. The minimum absolute atomic E-state index is 0.232. The SMILES string of the molecule is Cc1ccc(NC(=O)c2ccc(NCC3CCN(CC(F)(F)F)CC3)nc2)cc1. The number of carbonyl (C=O) groups excluding carboxylic acids is 1. The lowest BCUT2D eigenvalue weighted by molar-refractivity contribution is -0.148. The number of nitrogens with zero attached hydrogens (tertiary/aromatic N) is 2. The molecule has 1 amide bonds. The van der Waals surface area contributed by atoms with Crippen LogP contribution in [0.4, 0.5) is 24.7 Å². The second kappa shape index (κ2) is 9.26. The van der Waals surface area contributed by atoms with Crippen LogP contribution in [-0.4, -0.2) is 48.1 Å². The number of benzene rings is 1. The van der Waals surface area contributed by atoms with Gasteiger partial charge < -0.3 is 10.6 Å². The van der Waals surface area contributed by atoms with Gasteiger partial charge in [-0.15, -0.1) is 0 Å². The van der Waals surface area contributed by atoms with Crippen molar-refractivity contribution in [2.75, 3.05) is 36.8 Å². The second-order valence-corrected chi connectivity index (χ2v) is 7.47. The van der Waals surface area contributed by atoms with Crippen molar-refractivity contribution in [3.63, 3.8) is 0 Å². The molecular formula is C21H25F3N4O. The number of piperidine rings is 1. The van der Waals surface area contributed by atoms with Crippen molar-refractivity contribution in [2.24, 2.45) is 5.92 Å². The lowest BCUT2D eigenvalue weighted by atomic mass is 9.97. The largest absolute Gasteiger partial charge is 0.401 e. The van der Waals surface area contributed by atoms with Crippen molar-refractivity contribution in [3.8, 4) is 0 Å². The average Bonchev–Trinajstić information content (AvgIpc) is 2.68. The molecule has 0 saturated carbocycles.